The van der Waals surface area contributed by atoms with Gasteiger partial charge in [-0.1, -0.05) is 35.0 Å². The highest BCUT2D eigenvalue weighted by Gasteiger charge is 2.31. The number of nitrogens with zero attached hydrogens (tertiary/aromatic N) is 2. The molecular formula is C22H28BrN3O5S. The van der Waals surface area contributed by atoms with E-state index in [0.29, 0.717) is 17.9 Å². The van der Waals surface area contributed by atoms with Gasteiger partial charge in [0.15, 0.2) is 0 Å². The van der Waals surface area contributed by atoms with Gasteiger partial charge in [0.2, 0.25) is 21.8 Å². The molecule has 2 aromatic rings. The SMILES string of the molecule is CC[C@@H](C(=O)NC)N(Cc1cccc(OC)c1)C(=O)CN(c1ccc(Br)cc1)S(C)(=O)=O. The van der Waals surface area contributed by atoms with Crippen molar-refractivity contribution in [2.45, 2.75) is 25.9 Å². The predicted molar refractivity (Wildman–Crippen MR) is 128 cm³/mol. The molecular weight excluding hydrogens is 498 g/mol. The van der Waals surface area contributed by atoms with E-state index in [1.165, 1.54) is 11.9 Å². The fourth-order valence-corrected chi connectivity index (χ4v) is 4.39. The van der Waals surface area contributed by atoms with Crippen LogP contribution >= 0.6 is 15.9 Å². The fraction of sp³-hybridized carbons (Fsp3) is 0.364. The quantitative estimate of drug-likeness (QED) is 0.514. The Balaban J connectivity index is 2.42. The van der Waals surface area contributed by atoms with Gasteiger partial charge in [-0.3, -0.25) is 13.9 Å². The summed E-state index contributed by atoms with van der Waals surface area (Å²) in [4.78, 5) is 27.4. The van der Waals surface area contributed by atoms with Crippen LogP contribution in [0.5, 0.6) is 5.75 Å². The first-order valence-electron chi connectivity index (χ1n) is 9.98. The Hall–Kier alpha value is -2.59. The van der Waals surface area contributed by atoms with E-state index in [9.17, 15) is 18.0 Å². The summed E-state index contributed by atoms with van der Waals surface area (Å²) in [5, 5.41) is 2.59. The van der Waals surface area contributed by atoms with Crippen LogP contribution in [0.3, 0.4) is 0 Å². The van der Waals surface area contributed by atoms with Gasteiger partial charge in [0.25, 0.3) is 0 Å². The molecule has 0 radical (unpaired) electrons. The highest BCUT2D eigenvalue weighted by atomic mass is 79.9. The van der Waals surface area contributed by atoms with E-state index in [0.717, 1.165) is 20.6 Å². The number of anilines is 1. The van der Waals surface area contributed by atoms with Crippen LogP contribution in [0.15, 0.2) is 53.0 Å². The first-order chi connectivity index (χ1) is 15.1. The number of amides is 2. The van der Waals surface area contributed by atoms with Crippen LogP contribution in [-0.2, 0) is 26.2 Å². The van der Waals surface area contributed by atoms with Crippen LogP contribution < -0.4 is 14.4 Å². The highest BCUT2D eigenvalue weighted by Crippen LogP contribution is 2.22. The lowest BCUT2D eigenvalue weighted by atomic mass is 10.1. The summed E-state index contributed by atoms with van der Waals surface area (Å²) < 4.78 is 32.1. The van der Waals surface area contributed by atoms with E-state index in [4.69, 9.17) is 4.74 Å². The second-order valence-electron chi connectivity index (χ2n) is 7.16. The Labute approximate surface area is 197 Å². The van der Waals surface area contributed by atoms with Crippen molar-refractivity contribution in [3.05, 3.63) is 58.6 Å². The maximum atomic E-state index is 13.4. The number of halogens is 1. The number of carbonyl (C=O) groups is 2. The van der Waals surface area contributed by atoms with Crippen molar-refractivity contribution in [1.29, 1.82) is 0 Å². The van der Waals surface area contributed by atoms with Crippen molar-refractivity contribution < 1.29 is 22.7 Å². The van der Waals surface area contributed by atoms with E-state index < -0.39 is 28.5 Å². The number of carbonyl (C=O) groups excluding carboxylic acids is 2. The fourth-order valence-electron chi connectivity index (χ4n) is 3.27. The molecule has 0 heterocycles. The first-order valence-corrected chi connectivity index (χ1v) is 12.6. The Morgan fingerprint density at radius 2 is 1.81 bits per heavy atom. The normalized spacial score (nSPS) is 12.0. The van der Waals surface area contributed by atoms with Crippen molar-refractivity contribution in [1.82, 2.24) is 10.2 Å². The van der Waals surface area contributed by atoms with Gasteiger partial charge in [-0.05, 0) is 48.4 Å². The van der Waals surface area contributed by atoms with Gasteiger partial charge >= 0.3 is 0 Å². The summed E-state index contributed by atoms with van der Waals surface area (Å²) in [6.45, 7) is 1.49. The molecule has 0 fully saturated rings. The predicted octanol–water partition coefficient (Wildman–Crippen LogP) is 2.78. The lowest BCUT2D eigenvalue weighted by Crippen LogP contribution is -2.51. The molecule has 8 nitrogen and oxygen atoms in total. The van der Waals surface area contributed by atoms with Crippen LogP contribution in [0.2, 0.25) is 0 Å². The van der Waals surface area contributed by atoms with Crippen molar-refractivity contribution in [3.8, 4) is 5.75 Å². The van der Waals surface area contributed by atoms with E-state index >= 15 is 0 Å². The monoisotopic (exact) mass is 525 g/mol. The van der Waals surface area contributed by atoms with Gasteiger partial charge in [0.1, 0.15) is 18.3 Å². The lowest BCUT2D eigenvalue weighted by molar-refractivity contribution is -0.140. The zero-order valence-electron chi connectivity index (χ0n) is 18.5. The molecule has 0 spiro atoms. The molecule has 0 aliphatic carbocycles. The van der Waals surface area contributed by atoms with E-state index in [-0.39, 0.29) is 12.5 Å². The van der Waals surface area contributed by atoms with Gasteiger partial charge in [0.05, 0.1) is 19.1 Å². The summed E-state index contributed by atoms with van der Waals surface area (Å²) in [5.41, 5.74) is 1.12. The molecule has 0 bridgehead atoms. The number of methoxy groups -OCH3 is 1. The first kappa shape index (κ1) is 25.7. The maximum Gasteiger partial charge on any atom is 0.244 e. The molecule has 174 valence electrons. The largest absolute Gasteiger partial charge is 0.497 e. The molecule has 1 N–H and O–H groups in total. The molecule has 1 atom stereocenters. The minimum absolute atomic E-state index is 0.125. The van der Waals surface area contributed by atoms with Crippen LogP contribution in [0.1, 0.15) is 18.9 Å². The number of sulfonamides is 1. The van der Waals surface area contributed by atoms with E-state index in [2.05, 4.69) is 21.2 Å². The second kappa shape index (κ2) is 11.3. The number of hydrogen-bond donors (Lipinski definition) is 1. The van der Waals surface area contributed by atoms with Crippen LogP contribution in [0, 0.1) is 0 Å². The van der Waals surface area contributed by atoms with Crippen molar-refractivity contribution in [2.75, 3.05) is 31.3 Å². The van der Waals surface area contributed by atoms with Crippen molar-refractivity contribution >= 4 is 43.5 Å². The van der Waals surface area contributed by atoms with E-state index in [1.807, 2.05) is 6.07 Å². The van der Waals surface area contributed by atoms with Crippen molar-refractivity contribution in [2.24, 2.45) is 0 Å². The summed E-state index contributed by atoms with van der Waals surface area (Å²) in [6, 6.07) is 13.0. The summed E-state index contributed by atoms with van der Waals surface area (Å²) in [6.07, 6.45) is 1.41. The Bertz CT molecular complexity index is 1040. The average Bonchev–Trinajstić information content (AvgIpc) is 2.77. The number of benzene rings is 2. The Morgan fingerprint density at radius 1 is 1.16 bits per heavy atom. The smallest absolute Gasteiger partial charge is 0.244 e. The maximum absolute atomic E-state index is 13.4. The summed E-state index contributed by atoms with van der Waals surface area (Å²) in [7, 11) is -0.702. The summed E-state index contributed by atoms with van der Waals surface area (Å²) >= 11 is 3.32. The van der Waals surface area contributed by atoms with Crippen molar-refractivity contribution in [3.63, 3.8) is 0 Å². The van der Waals surface area contributed by atoms with Crippen LogP contribution in [-0.4, -0.2) is 58.1 Å². The molecule has 2 amide bonds. The zero-order chi connectivity index (χ0) is 23.9. The number of hydrogen-bond acceptors (Lipinski definition) is 5. The van der Waals surface area contributed by atoms with Crippen LogP contribution in [0.25, 0.3) is 0 Å². The lowest BCUT2D eigenvalue weighted by Gasteiger charge is -2.32. The highest BCUT2D eigenvalue weighted by molar-refractivity contribution is 9.10. The third-order valence-electron chi connectivity index (χ3n) is 4.91. The van der Waals surface area contributed by atoms with Crippen LogP contribution in [0.4, 0.5) is 5.69 Å². The number of ether oxygens (including phenoxy) is 1. The molecule has 2 aromatic carbocycles. The second-order valence-corrected chi connectivity index (χ2v) is 9.98. The average molecular weight is 526 g/mol. The van der Waals surface area contributed by atoms with Gasteiger partial charge < -0.3 is 15.0 Å². The molecule has 0 aromatic heterocycles. The van der Waals surface area contributed by atoms with E-state index in [1.54, 1.807) is 56.5 Å². The Morgan fingerprint density at radius 3 is 2.34 bits per heavy atom. The minimum atomic E-state index is -3.75. The van der Waals surface area contributed by atoms with Gasteiger partial charge in [-0.2, -0.15) is 0 Å². The number of rotatable bonds is 10. The zero-order valence-corrected chi connectivity index (χ0v) is 20.9. The topological polar surface area (TPSA) is 96.0 Å². The molecule has 0 aliphatic rings. The third kappa shape index (κ3) is 6.70. The standard InChI is InChI=1S/C22H28BrN3O5S/c1-5-20(22(28)24-2)25(14-16-7-6-8-19(13-16)31-3)21(27)15-26(32(4,29)30)18-11-9-17(23)10-12-18/h6-13,20H,5,14-15H2,1-4H3,(H,24,28)/t20-/m0/s1. The van der Waals surface area contributed by atoms with Gasteiger partial charge in [-0.15, -0.1) is 0 Å². The minimum Gasteiger partial charge on any atom is -0.497 e. The summed E-state index contributed by atoms with van der Waals surface area (Å²) in [5.74, 6) is -0.189. The Kier molecular flexibility index (Phi) is 9.09. The third-order valence-corrected chi connectivity index (χ3v) is 6.58. The molecule has 0 aliphatic heterocycles. The number of likely N-dealkylation sites (N-methyl/N-ethyl adjacent to an activating group) is 1. The molecule has 2 rings (SSSR count). The molecule has 10 heteroatoms. The molecule has 32 heavy (non-hydrogen) atoms. The molecule has 0 saturated heterocycles. The molecule has 0 unspecified atom stereocenters. The van der Waals surface area contributed by atoms with Gasteiger partial charge in [0, 0.05) is 18.1 Å². The molecule has 0 saturated carbocycles. The number of nitrogens with one attached hydrogen (secondary N) is 1. The van der Waals surface area contributed by atoms with Gasteiger partial charge in [-0.25, -0.2) is 8.42 Å².